The summed E-state index contributed by atoms with van der Waals surface area (Å²) in [6.45, 7) is 4.91. The number of nitrogens with zero attached hydrogens (tertiary/aromatic N) is 1. The Bertz CT molecular complexity index is 370. The molecule has 0 aliphatic carbocycles. The smallest absolute Gasteiger partial charge is 0.0236 e. The fraction of sp³-hybridized carbons (Fsp3) is 0.647. The molecule has 2 saturated heterocycles. The predicted molar refractivity (Wildman–Crippen MR) is 80.1 cm³/mol. The van der Waals surface area contributed by atoms with Crippen LogP contribution in [-0.2, 0) is 6.54 Å². The molecular weight excluding hydrogens is 232 g/mol. The van der Waals surface area contributed by atoms with Gasteiger partial charge in [-0.3, -0.25) is 4.90 Å². The first-order chi connectivity index (χ1) is 9.42. The van der Waals surface area contributed by atoms with Gasteiger partial charge in [0.25, 0.3) is 0 Å². The molecule has 0 radical (unpaired) electrons. The van der Waals surface area contributed by atoms with E-state index in [1.165, 1.54) is 57.3 Å². The van der Waals surface area contributed by atoms with Gasteiger partial charge in [0.15, 0.2) is 0 Å². The number of piperidine rings is 1. The minimum atomic E-state index is 0.824. The Morgan fingerprint density at radius 3 is 2.79 bits per heavy atom. The number of hydrogen-bond donors (Lipinski definition) is 1. The van der Waals surface area contributed by atoms with E-state index in [2.05, 4.69) is 40.5 Å². The molecule has 1 N–H and O–H groups in total. The van der Waals surface area contributed by atoms with E-state index in [-0.39, 0.29) is 0 Å². The second-order valence-electron chi connectivity index (χ2n) is 6.20. The van der Waals surface area contributed by atoms with Crippen LogP contribution in [0.15, 0.2) is 30.3 Å². The van der Waals surface area contributed by atoms with Gasteiger partial charge in [0, 0.05) is 12.6 Å². The molecule has 2 unspecified atom stereocenters. The molecular formula is C17H26N2. The minimum absolute atomic E-state index is 0.824. The van der Waals surface area contributed by atoms with E-state index in [4.69, 9.17) is 0 Å². The van der Waals surface area contributed by atoms with Gasteiger partial charge in [0.2, 0.25) is 0 Å². The van der Waals surface area contributed by atoms with Crippen LogP contribution in [0.1, 0.15) is 37.7 Å². The monoisotopic (exact) mass is 258 g/mol. The lowest BCUT2D eigenvalue weighted by Gasteiger charge is -2.30. The summed E-state index contributed by atoms with van der Waals surface area (Å²) in [6.07, 6.45) is 7.00. The van der Waals surface area contributed by atoms with Crippen molar-refractivity contribution in [2.45, 2.75) is 44.7 Å². The van der Waals surface area contributed by atoms with Crippen LogP contribution in [0.2, 0.25) is 0 Å². The van der Waals surface area contributed by atoms with Gasteiger partial charge in [-0.05, 0) is 63.2 Å². The van der Waals surface area contributed by atoms with Crippen LogP contribution in [0.4, 0.5) is 0 Å². The highest BCUT2D eigenvalue weighted by molar-refractivity contribution is 5.14. The molecule has 2 nitrogen and oxygen atoms in total. The van der Waals surface area contributed by atoms with Crippen LogP contribution in [-0.4, -0.2) is 30.6 Å². The van der Waals surface area contributed by atoms with Gasteiger partial charge in [0.1, 0.15) is 0 Å². The van der Waals surface area contributed by atoms with Crippen molar-refractivity contribution >= 4 is 0 Å². The van der Waals surface area contributed by atoms with E-state index in [0.717, 1.165) is 18.5 Å². The van der Waals surface area contributed by atoms with Crippen molar-refractivity contribution < 1.29 is 0 Å². The van der Waals surface area contributed by atoms with Crippen LogP contribution < -0.4 is 5.32 Å². The van der Waals surface area contributed by atoms with Crippen LogP contribution in [0.5, 0.6) is 0 Å². The van der Waals surface area contributed by atoms with E-state index >= 15 is 0 Å². The quantitative estimate of drug-likeness (QED) is 0.893. The molecule has 2 fully saturated rings. The van der Waals surface area contributed by atoms with Crippen molar-refractivity contribution in [2.75, 3.05) is 19.6 Å². The molecule has 0 saturated carbocycles. The molecule has 3 rings (SSSR count). The fourth-order valence-corrected chi connectivity index (χ4v) is 3.70. The molecule has 104 valence electrons. The standard InChI is InChI=1S/C17H26N2/c1-2-6-15(7-3-1)14-19-11-5-9-17(19)12-16-8-4-10-18-13-16/h1-3,6-7,16-18H,4-5,8-14H2. The summed E-state index contributed by atoms with van der Waals surface area (Å²) in [5, 5.41) is 3.55. The summed E-state index contributed by atoms with van der Waals surface area (Å²) in [4.78, 5) is 2.71. The van der Waals surface area contributed by atoms with Crippen molar-refractivity contribution in [1.82, 2.24) is 10.2 Å². The Kier molecular flexibility index (Phi) is 4.52. The van der Waals surface area contributed by atoms with E-state index < -0.39 is 0 Å². The Hall–Kier alpha value is -0.860. The second-order valence-corrected chi connectivity index (χ2v) is 6.20. The summed E-state index contributed by atoms with van der Waals surface area (Å²) in [7, 11) is 0. The molecule has 1 aromatic carbocycles. The number of benzene rings is 1. The first-order valence-corrected chi connectivity index (χ1v) is 7.90. The number of likely N-dealkylation sites (tertiary alicyclic amines) is 1. The Morgan fingerprint density at radius 2 is 2.00 bits per heavy atom. The fourth-order valence-electron chi connectivity index (χ4n) is 3.70. The number of hydrogen-bond acceptors (Lipinski definition) is 2. The molecule has 0 spiro atoms. The lowest BCUT2D eigenvalue weighted by Crippen LogP contribution is -2.36. The van der Waals surface area contributed by atoms with E-state index in [9.17, 15) is 0 Å². The summed E-state index contributed by atoms with van der Waals surface area (Å²) < 4.78 is 0. The van der Waals surface area contributed by atoms with E-state index in [0.29, 0.717) is 0 Å². The maximum Gasteiger partial charge on any atom is 0.0236 e. The molecule has 0 amide bonds. The number of rotatable bonds is 4. The van der Waals surface area contributed by atoms with Crippen LogP contribution >= 0.6 is 0 Å². The molecule has 0 bridgehead atoms. The molecule has 2 heteroatoms. The maximum absolute atomic E-state index is 3.55. The molecule has 19 heavy (non-hydrogen) atoms. The Morgan fingerprint density at radius 1 is 1.11 bits per heavy atom. The molecule has 2 atom stereocenters. The van der Waals surface area contributed by atoms with Crippen molar-refractivity contribution in [3.63, 3.8) is 0 Å². The summed E-state index contributed by atoms with van der Waals surface area (Å²) >= 11 is 0. The van der Waals surface area contributed by atoms with Crippen molar-refractivity contribution in [1.29, 1.82) is 0 Å². The van der Waals surface area contributed by atoms with Gasteiger partial charge < -0.3 is 5.32 Å². The maximum atomic E-state index is 3.55. The summed E-state index contributed by atoms with van der Waals surface area (Å²) in [5.41, 5.74) is 1.47. The third kappa shape index (κ3) is 3.58. The summed E-state index contributed by atoms with van der Waals surface area (Å²) in [5.74, 6) is 0.912. The van der Waals surface area contributed by atoms with Crippen molar-refractivity contribution in [3.8, 4) is 0 Å². The van der Waals surface area contributed by atoms with Gasteiger partial charge in [-0.2, -0.15) is 0 Å². The zero-order chi connectivity index (χ0) is 12.9. The largest absolute Gasteiger partial charge is 0.316 e. The van der Waals surface area contributed by atoms with Crippen LogP contribution in [0.3, 0.4) is 0 Å². The lowest BCUT2D eigenvalue weighted by atomic mass is 9.91. The average molecular weight is 258 g/mol. The number of nitrogens with one attached hydrogen (secondary N) is 1. The molecule has 2 heterocycles. The van der Waals surface area contributed by atoms with Gasteiger partial charge >= 0.3 is 0 Å². The predicted octanol–water partition coefficient (Wildman–Crippen LogP) is 3.04. The highest BCUT2D eigenvalue weighted by Crippen LogP contribution is 2.27. The van der Waals surface area contributed by atoms with Crippen LogP contribution in [0, 0.1) is 5.92 Å². The Labute approximate surface area is 117 Å². The highest BCUT2D eigenvalue weighted by Gasteiger charge is 2.27. The summed E-state index contributed by atoms with van der Waals surface area (Å²) in [6, 6.07) is 11.8. The van der Waals surface area contributed by atoms with Crippen molar-refractivity contribution in [2.24, 2.45) is 5.92 Å². The molecule has 2 aliphatic rings. The molecule has 0 aromatic heterocycles. The second kappa shape index (κ2) is 6.53. The highest BCUT2D eigenvalue weighted by atomic mass is 15.2. The van der Waals surface area contributed by atoms with Gasteiger partial charge in [-0.25, -0.2) is 0 Å². The van der Waals surface area contributed by atoms with Gasteiger partial charge in [0.05, 0.1) is 0 Å². The third-order valence-corrected chi connectivity index (χ3v) is 4.73. The normalized spacial score (nSPS) is 28.6. The van der Waals surface area contributed by atoms with Crippen molar-refractivity contribution in [3.05, 3.63) is 35.9 Å². The lowest BCUT2D eigenvalue weighted by molar-refractivity contribution is 0.197. The van der Waals surface area contributed by atoms with Gasteiger partial charge in [-0.15, -0.1) is 0 Å². The zero-order valence-electron chi connectivity index (χ0n) is 11.9. The molecule has 2 aliphatic heterocycles. The molecule has 1 aromatic rings. The van der Waals surface area contributed by atoms with Crippen LogP contribution in [0.25, 0.3) is 0 Å². The first kappa shape index (κ1) is 13.1. The van der Waals surface area contributed by atoms with E-state index in [1.54, 1.807) is 0 Å². The SMILES string of the molecule is c1ccc(CN2CCCC2CC2CCCNC2)cc1. The van der Waals surface area contributed by atoms with E-state index in [1.807, 2.05) is 0 Å². The zero-order valence-corrected chi connectivity index (χ0v) is 11.9. The van der Waals surface area contributed by atoms with Gasteiger partial charge in [-0.1, -0.05) is 30.3 Å². The third-order valence-electron chi connectivity index (χ3n) is 4.73. The first-order valence-electron chi connectivity index (χ1n) is 7.90. The Balaban J connectivity index is 1.55. The minimum Gasteiger partial charge on any atom is -0.316 e. The average Bonchev–Trinajstić information content (AvgIpc) is 2.88. The topological polar surface area (TPSA) is 15.3 Å².